The summed E-state index contributed by atoms with van der Waals surface area (Å²) in [5.41, 5.74) is 1.89. The normalized spacial score (nSPS) is 11.9. The fourth-order valence-electron chi connectivity index (χ4n) is 1.44. The molecule has 1 aromatic carbocycles. The van der Waals surface area contributed by atoms with E-state index in [2.05, 4.69) is 12.2 Å². The number of aryl methyl sites for hydroxylation is 1. The molecular weight excluding hydrogens is 218 g/mol. The van der Waals surface area contributed by atoms with Crippen molar-refractivity contribution in [3.8, 4) is 0 Å². The first-order chi connectivity index (χ1) is 8.02. The van der Waals surface area contributed by atoms with E-state index in [0.717, 1.165) is 6.42 Å². The lowest BCUT2D eigenvalue weighted by molar-refractivity contribution is -0.139. The Labute approximate surface area is 101 Å². The van der Waals surface area contributed by atoms with Crippen LogP contribution in [0.4, 0.5) is 5.69 Å². The van der Waals surface area contributed by atoms with Crippen molar-refractivity contribution in [2.24, 2.45) is 5.92 Å². The Bertz CT molecular complexity index is 398. The Hall–Kier alpha value is -1.84. The molecule has 1 unspecified atom stereocenters. The van der Waals surface area contributed by atoms with Crippen LogP contribution in [0.25, 0.3) is 0 Å². The van der Waals surface area contributed by atoms with Crippen molar-refractivity contribution in [2.45, 2.75) is 26.7 Å². The van der Waals surface area contributed by atoms with Gasteiger partial charge in [0.05, 0.1) is 6.42 Å². The number of carbonyl (C=O) groups excluding carboxylic acids is 1. The summed E-state index contributed by atoms with van der Waals surface area (Å²) in [5, 5.41) is 11.3. The van der Waals surface area contributed by atoms with E-state index in [-0.39, 0.29) is 12.3 Å². The van der Waals surface area contributed by atoms with E-state index < -0.39 is 11.9 Å². The van der Waals surface area contributed by atoms with Crippen LogP contribution in [-0.2, 0) is 16.0 Å². The lowest BCUT2D eigenvalue weighted by Gasteiger charge is -2.10. The molecule has 0 saturated heterocycles. The second-order valence-corrected chi connectivity index (χ2v) is 4.04. The van der Waals surface area contributed by atoms with E-state index in [9.17, 15) is 9.59 Å². The fraction of sp³-hybridized carbons (Fsp3) is 0.385. The summed E-state index contributed by atoms with van der Waals surface area (Å²) in [6.45, 7) is 3.66. The molecule has 0 bridgehead atoms. The van der Waals surface area contributed by atoms with Gasteiger partial charge in [-0.2, -0.15) is 0 Å². The highest BCUT2D eigenvalue weighted by atomic mass is 16.4. The zero-order chi connectivity index (χ0) is 12.8. The van der Waals surface area contributed by atoms with E-state index in [1.165, 1.54) is 5.56 Å². The molecule has 0 radical (unpaired) electrons. The molecule has 4 nitrogen and oxygen atoms in total. The topological polar surface area (TPSA) is 66.4 Å². The van der Waals surface area contributed by atoms with E-state index in [1.807, 2.05) is 24.3 Å². The summed E-state index contributed by atoms with van der Waals surface area (Å²) < 4.78 is 0. The van der Waals surface area contributed by atoms with Crippen molar-refractivity contribution in [2.75, 3.05) is 5.32 Å². The third-order valence-electron chi connectivity index (χ3n) is 2.56. The number of rotatable bonds is 5. The standard InChI is InChI=1S/C13H17NO3/c1-3-10-4-6-11(7-5-10)14-13(17)9(2)8-12(15)16/h4-7,9H,3,8H2,1-2H3,(H,14,17)(H,15,16). The average molecular weight is 235 g/mol. The van der Waals surface area contributed by atoms with Gasteiger partial charge in [-0.05, 0) is 24.1 Å². The molecule has 92 valence electrons. The van der Waals surface area contributed by atoms with Gasteiger partial charge in [-0.15, -0.1) is 0 Å². The quantitative estimate of drug-likeness (QED) is 0.822. The predicted molar refractivity (Wildman–Crippen MR) is 65.9 cm³/mol. The summed E-state index contributed by atoms with van der Waals surface area (Å²) in [4.78, 5) is 22.1. The van der Waals surface area contributed by atoms with Gasteiger partial charge in [-0.25, -0.2) is 0 Å². The third-order valence-corrected chi connectivity index (χ3v) is 2.56. The second kappa shape index (κ2) is 6.03. The highest BCUT2D eigenvalue weighted by molar-refractivity contribution is 5.94. The predicted octanol–water partition coefficient (Wildman–Crippen LogP) is 2.30. The molecule has 0 aromatic heterocycles. The van der Waals surface area contributed by atoms with Gasteiger partial charge >= 0.3 is 5.97 Å². The first-order valence-corrected chi connectivity index (χ1v) is 5.64. The van der Waals surface area contributed by atoms with Crippen LogP contribution in [-0.4, -0.2) is 17.0 Å². The number of nitrogens with one attached hydrogen (secondary N) is 1. The summed E-state index contributed by atoms with van der Waals surface area (Å²) in [5.74, 6) is -1.76. The first kappa shape index (κ1) is 13.2. The molecule has 0 aliphatic carbocycles. The van der Waals surface area contributed by atoms with E-state index >= 15 is 0 Å². The van der Waals surface area contributed by atoms with Crippen LogP contribution in [0.3, 0.4) is 0 Å². The minimum atomic E-state index is -0.964. The number of carbonyl (C=O) groups is 2. The van der Waals surface area contributed by atoms with Gasteiger partial charge in [0.1, 0.15) is 0 Å². The fourth-order valence-corrected chi connectivity index (χ4v) is 1.44. The molecule has 17 heavy (non-hydrogen) atoms. The number of anilines is 1. The Balaban J connectivity index is 2.58. The van der Waals surface area contributed by atoms with Gasteiger partial charge < -0.3 is 10.4 Å². The van der Waals surface area contributed by atoms with Gasteiger partial charge in [0, 0.05) is 11.6 Å². The third kappa shape index (κ3) is 4.26. The van der Waals surface area contributed by atoms with Crippen LogP contribution in [0.2, 0.25) is 0 Å². The molecule has 2 N–H and O–H groups in total. The number of carboxylic acids is 1. The molecule has 0 saturated carbocycles. The van der Waals surface area contributed by atoms with Gasteiger partial charge in [0.25, 0.3) is 0 Å². The van der Waals surface area contributed by atoms with Crippen LogP contribution in [0.1, 0.15) is 25.8 Å². The monoisotopic (exact) mass is 235 g/mol. The number of benzene rings is 1. The van der Waals surface area contributed by atoms with Crippen molar-refractivity contribution < 1.29 is 14.7 Å². The Morgan fingerprint density at radius 3 is 2.35 bits per heavy atom. The van der Waals surface area contributed by atoms with Gasteiger partial charge in [-0.1, -0.05) is 26.0 Å². The SMILES string of the molecule is CCc1ccc(NC(=O)C(C)CC(=O)O)cc1. The lowest BCUT2D eigenvalue weighted by atomic mass is 10.1. The van der Waals surface area contributed by atoms with Crippen LogP contribution >= 0.6 is 0 Å². The van der Waals surface area contributed by atoms with E-state index in [1.54, 1.807) is 6.92 Å². The zero-order valence-electron chi connectivity index (χ0n) is 10.1. The minimum absolute atomic E-state index is 0.154. The molecule has 1 amide bonds. The Morgan fingerprint density at radius 2 is 1.88 bits per heavy atom. The number of hydrogen-bond donors (Lipinski definition) is 2. The zero-order valence-corrected chi connectivity index (χ0v) is 10.1. The molecule has 0 spiro atoms. The van der Waals surface area contributed by atoms with Gasteiger partial charge in [0.15, 0.2) is 0 Å². The highest BCUT2D eigenvalue weighted by Gasteiger charge is 2.16. The maximum atomic E-state index is 11.6. The smallest absolute Gasteiger partial charge is 0.304 e. The average Bonchev–Trinajstić information content (AvgIpc) is 2.29. The van der Waals surface area contributed by atoms with Crippen molar-refractivity contribution in [3.63, 3.8) is 0 Å². The van der Waals surface area contributed by atoms with Crippen LogP contribution in [0.5, 0.6) is 0 Å². The van der Waals surface area contributed by atoms with Gasteiger partial charge in [-0.3, -0.25) is 9.59 Å². The first-order valence-electron chi connectivity index (χ1n) is 5.64. The summed E-state index contributed by atoms with van der Waals surface area (Å²) >= 11 is 0. The summed E-state index contributed by atoms with van der Waals surface area (Å²) in [7, 11) is 0. The highest BCUT2D eigenvalue weighted by Crippen LogP contribution is 2.12. The molecule has 0 heterocycles. The number of amides is 1. The molecule has 1 rings (SSSR count). The molecule has 4 heteroatoms. The van der Waals surface area contributed by atoms with Crippen molar-refractivity contribution in [3.05, 3.63) is 29.8 Å². The van der Waals surface area contributed by atoms with Crippen LogP contribution in [0.15, 0.2) is 24.3 Å². The van der Waals surface area contributed by atoms with E-state index in [4.69, 9.17) is 5.11 Å². The van der Waals surface area contributed by atoms with E-state index in [0.29, 0.717) is 5.69 Å². The van der Waals surface area contributed by atoms with Crippen LogP contribution in [0, 0.1) is 5.92 Å². The molecule has 0 fully saturated rings. The summed E-state index contributed by atoms with van der Waals surface area (Å²) in [6.07, 6.45) is 0.794. The molecule has 0 aliphatic rings. The van der Waals surface area contributed by atoms with Gasteiger partial charge in [0.2, 0.25) is 5.91 Å². The maximum Gasteiger partial charge on any atom is 0.304 e. The maximum absolute atomic E-state index is 11.6. The largest absolute Gasteiger partial charge is 0.481 e. The summed E-state index contributed by atoms with van der Waals surface area (Å²) in [6, 6.07) is 7.53. The Kier molecular flexibility index (Phi) is 4.69. The molecule has 0 aliphatic heterocycles. The number of carboxylic acid groups (broad SMARTS) is 1. The number of aliphatic carboxylic acids is 1. The lowest BCUT2D eigenvalue weighted by Crippen LogP contribution is -2.22. The Morgan fingerprint density at radius 1 is 1.29 bits per heavy atom. The second-order valence-electron chi connectivity index (χ2n) is 4.04. The number of hydrogen-bond acceptors (Lipinski definition) is 2. The van der Waals surface area contributed by atoms with Crippen molar-refractivity contribution >= 4 is 17.6 Å². The van der Waals surface area contributed by atoms with Crippen molar-refractivity contribution in [1.29, 1.82) is 0 Å². The van der Waals surface area contributed by atoms with Crippen LogP contribution < -0.4 is 5.32 Å². The van der Waals surface area contributed by atoms with Crippen molar-refractivity contribution in [1.82, 2.24) is 0 Å². The molecular formula is C13H17NO3. The molecule has 1 aromatic rings. The molecule has 1 atom stereocenters. The minimum Gasteiger partial charge on any atom is -0.481 e.